The van der Waals surface area contributed by atoms with Crippen LogP contribution >= 0.6 is 0 Å². The van der Waals surface area contributed by atoms with Crippen LogP contribution in [0.25, 0.3) is 0 Å². The molecule has 0 atom stereocenters. The molecular formula is C10H21NO3. The predicted molar refractivity (Wildman–Crippen MR) is 54.8 cm³/mol. The largest absolute Gasteiger partial charge is 0.390 e. The summed E-state index contributed by atoms with van der Waals surface area (Å²) < 4.78 is 5.46. The summed E-state index contributed by atoms with van der Waals surface area (Å²) in [7, 11) is 0. The lowest BCUT2D eigenvalue weighted by Gasteiger charge is -2.26. The molecule has 3 N–H and O–H groups in total. The standard InChI is InChI=1S/C10H21NO3/c1-9(2,13)5-6-14-10(3,4)7-8(11)12/h13H,5-7H2,1-4H3,(H2,11,12). The van der Waals surface area contributed by atoms with E-state index in [9.17, 15) is 9.90 Å². The highest BCUT2D eigenvalue weighted by atomic mass is 16.5. The van der Waals surface area contributed by atoms with Gasteiger partial charge in [-0.3, -0.25) is 4.79 Å². The Morgan fingerprint density at radius 3 is 2.21 bits per heavy atom. The SMILES string of the molecule is CC(C)(O)CCOC(C)(C)CC(N)=O. The van der Waals surface area contributed by atoms with Crippen LogP contribution in [0.4, 0.5) is 0 Å². The maximum absolute atomic E-state index is 10.7. The van der Waals surface area contributed by atoms with Crippen molar-refractivity contribution >= 4 is 5.91 Å². The molecule has 1 amide bonds. The van der Waals surface area contributed by atoms with Crippen LogP contribution < -0.4 is 5.73 Å². The van der Waals surface area contributed by atoms with Gasteiger partial charge >= 0.3 is 0 Å². The van der Waals surface area contributed by atoms with Crippen molar-refractivity contribution in [2.75, 3.05) is 6.61 Å². The maximum Gasteiger partial charge on any atom is 0.220 e. The van der Waals surface area contributed by atoms with Crippen molar-refractivity contribution in [1.29, 1.82) is 0 Å². The minimum atomic E-state index is -0.733. The highest BCUT2D eigenvalue weighted by Gasteiger charge is 2.22. The summed E-state index contributed by atoms with van der Waals surface area (Å²) in [5.41, 5.74) is 3.79. The Kier molecular flexibility index (Phi) is 4.55. The van der Waals surface area contributed by atoms with Crippen LogP contribution in [-0.4, -0.2) is 28.8 Å². The van der Waals surface area contributed by atoms with Crippen LogP contribution in [0.1, 0.15) is 40.5 Å². The molecule has 0 rings (SSSR count). The molecule has 0 bridgehead atoms. The van der Waals surface area contributed by atoms with Gasteiger partial charge in [-0.2, -0.15) is 0 Å². The topological polar surface area (TPSA) is 72.6 Å². The Morgan fingerprint density at radius 2 is 1.86 bits per heavy atom. The number of hydrogen-bond acceptors (Lipinski definition) is 3. The summed E-state index contributed by atoms with van der Waals surface area (Å²) in [4.78, 5) is 10.7. The zero-order chi connectivity index (χ0) is 11.4. The highest BCUT2D eigenvalue weighted by molar-refractivity contribution is 5.74. The molecule has 84 valence electrons. The van der Waals surface area contributed by atoms with Crippen molar-refractivity contribution in [2.24, 2.45) is 5.73 Å². The lowest BCUT2D eigenvalue weighted by Crippen LogP contribution is -2.33. The second-order valence-corrected chi connectivity index (χ2v) is 4.81. The first-order chi connectivity index (χ1) is 6.12. The first-order valence-electron chi connectivity index (χ1n) is 4.77. The average Bonchev–Trinajstić information content (AvgIpc) is 1.78. The Labute approximate surface area is 85.4 Å². The van der Waals surface area contributed by atoms with E-state index >= 15 is 0 Å². The molecule has 4 nitrogen and oxygen atoms in total. The fraction of sp³-hybridized carbons (Fsp3) is 0.900. The molecule has 0 spiro atoms. The molecule has 0 heterocycles. The van der Waals surface area contributed by atoms with Crippen molar-refractivity contribution in [2.45, 2.75) is 51.7 Å². The fourth-order valence-corrected chi connectivity index (χ4v) is 1.05. The second kappa shape index (κ2) is 4.75. The third-order valence-corrected chi connectivity index (χ3v) is 1.81. The van der Waals surface area contributed by atoms with Crippen LogP contribution in [0.15, 0.2) is 0 Å². The van der Waals surface area contributed by atoms with Crippen LogP contribution in [0.3, 0.4) is 0 Å². The molecule has 0 unspecified atom stereocenters. The van der Waals surface area contributed by atoms with E-state index in [0.29, 0.717) is 13.0 Å². The smallest absolute Gasteiger partial charge is 0.220 e. The zero-order valence-corrected chi connectivity index (χ0v) is 9.46. The third kappa shape index (κ3) is 8.01. The molecule has 0 saturated heterocycles. The number of hydrogen-bond donors (Lipinski definition) is 2. The Morgan fingerprint density at radius 1 is 1.36 bits per heavy atom. The molecular weight excluding hydrogens is 182 g/mol. The van der Waals surface area contributed by atoms with Crippen LogP contribution in [0, 0.1) is 0 Å². The number of amides is 1. The normalized spacial score (nSPS) is 12.9. The zero-order valence-electron chi connectivity index (χ0n) is 9.46. The van der Waals surface area contributed by atoms with E-state index in [0.717, 1.165) is 0 Å². The number of carbonyl (C=O) groups is 1. The molecule has 14 heavy (non-hydrogen) atoms. The molecule has 0 aliphatic carbocycles. The van der Waals surface area contributed by atoms with E-state index < -0.39 is 11.2 Å². The van der Waals surface area contributed by atoms with Crippen LogP contribution in [0.2, 0.25) is 0 Å². The monoisotopic (exact) mass is 203 g/mol. The minimum absolute atomic E-state index is 0.193. The number of aliphatic hydroxyl groups is 1. The van der Waals surface area contributed by atoms with E-state index in [1.54, 1.807) is 13.8 Å². The Bertz CT molecular complexity index is 194. The number of ether oxygens (including phenoxy) is 1. The van der Waals surface area contributed by atoms with E-state index in [-0.39, 0.29) is 12.3 Å². The average molecular weight is 203 g/mol. The van der Waals surface area contributed by atoms with Crippen molar-refractivity contribution in [3.05, 3.63) is 0 Å². The molecule has 0 aliphatic rings. The van der Waals surface area contributed by atoms with Crippen molar-refractivity contribution in [1.82, 2.24) is 0 Å². The van der Waals surface area contributed by atoms with Gasteiger partial charge in [0.05, 0.1) is 24.2 Å². The molecule has 0 aromatic rings. The molecule has 0 radical (unpaired) electrons. The molecule has 0 aromatic carbocycles. The van der Waals surface area contributed by atoms with Crippen molar-refractivity contribution in [3.8, 4) is 0 Å². The van der Waals surface area contributed by atoms with Gasteiger partial charge in [0.1, 0.15) is 0 Å². The molecule has 0 saturated carbocycles. The summed E-state index contributed by atoms with van der Waals surface area (Å²) in [5, 5.41) is 9.42. The van der Waals surface area contributed by atoms with Gasteiger partial charge in [-0.15, -0.1) is 0 Å². The predicted octanol–water partition coefficient (Wildman–Crippen LogP) is 0.818. The van der Waals surface area contributed by atoms with Crippen LogP contribution in [-0.2, 0) is 9.53 Å². The van der Waals surface area contributed by atoms with E-state index in [4.69, 9.17) is 10.5 Å². The van der Waals surface area contributed by atoms with E-state index in [2.05, 4.69) is 0 Å². The summed E-state index contributed by atoms with van der Waals surface area (Å²) in [6, 6.07) is 0. The molecule has 4 heteroatoms. The van der Waals surface area contributed by atoms with Gasteiger partial charge in [0.25, 0.3) is 0 Å². The van der Waals surface area contributed by atoms with Gasteiger partial charge in [0.15, 0.2) is 0 Å². The van der Waals surface area contributed by atoms with Crippen molar-refractivity contribution < 1.29 is 14.6 Å². The van der Waals surface area contributed by atoms with Gasteiger partial charge < -0.3 is 15.6 Å². The Balaban J connectivity index is 3.82. The summed E-state index contributed by atoms with van der Waals surface area (Å²) in [6.07, 6.45) is 0.730. The number of nitrogens with two attached hydrogens (primary N) is 1. The van der Waals surface area contributed by atoms with Crippen molar-refractivity contribution in [3.63, 3.8) is 0 Å². The first-order valence-corrected chi connectivity index (χ1v) is 4.77. The lowest BCUT2D eigenvalue weighted by molar-refractivity contribution is -0.125. The van der Waals surface area contributed by atoms with Gasteiger partial charge in [-0.25, -0.2) is 0 Å². The fourth-order valence-electron chi connectivity index (χ4n) is 1.05. The number of carbonyl (C=O) groups excluding carboxylic acids is 1. The molecule has 0 aliphatic heterocycles. The second-order valence-electron chi connectivity index (χ2n) is 4.81. The maximum atomic E-state index is 10.7. The number of rotatable bonds is 6. The van der Waals surface area contributed by atoms with Crippen LogP contribution in [0.5, 0.6) is 0 Å². The summed E-state index contributed by atoms with van der Waals surface area (Å²) in [5.74, 6) is -0.377. The summed E-state index contributed by atoms with van der Waals surface area (Å²) >= 11 is 0. The molecule has 0 fully saturated rings. The van der Waals surface area contributed by atoms with Gasteiger partial charge in [-0.05, 0) is 34.1 Å². The molecule has 0 aromatic heterocycles. The minimum Gasteiger partial charge on any atom is -0.390 e. The third-order valence-electron chi connectivity index (χ3n) is 1.81. The first kappa shape index (κ1) is 13.4. The number of primary amides is 1. The highest BCUT2D eigenvalue weighted by Crippen LogP contribution is 2.16. The Hall–Kier alpha value is -0.610. The quantitative estimate of drug-likeness (QED) is 0.671. The van der Waals surface area contributed by atoms with E-state index in [1.807, 2.05) is 13.8 Å². The van der Waals surface area contributed by atoms with E-state index in [1.165, 1.54) is 0 Å². The van der Waals surface area contributed by atoms with Gasteiger partial charge in [0, 0.05) is 0 Å². The summed E-state index contributed by atoms with van der Waals surface area (Å²) in [6.45, 7) is 7.48. The lowest BCUT2D eigenvalue weighted by atomic mass is 10.0. The van der Waals surface area contributed by atoms with Gasteiger partial charge in [0.2, 0.25) is 5.91 Å². The van der Waals surface area contributed by atoms with Gasteiger partial charge in [-0.1, -0.05) is 0 Å².